The fourth-order valence-corrected chi connectivity index (χ4v) is 1.63. The highest BCUT2D eigenvalue weighted by Gasteiger charge is 2.22. The first-order valence-corrected chi connectivity index (χ1v) is 4.57. The predicted molar refractivity (Wildman–Crippen MR) is 52.2 cm³/mol. The lowest BCUT2D eigenvalue weighted by molar-refractivity contribution is 0.0930. The number of fused-ring (bicyclic) bond motifs is 1. The molecule has 0 radical (unpaired) electrons. The van der Waals surface area contributed by atoms with E-state index in [4.69, 9.17) is 9.47 Å². The smallest absolute Gasteiger partial charge is 0.171 e. The van der Waals surface area contributed by atoms with E-state index in [0.29, 0.717) is 30.1 Å². The molecule has 0 bridgehead atoms. The molecule has 14 heavy (non-hydrogen) atoms. The SMILES string of the molecule is COc1cc(C)cc2c1OCCC2=O. The Hall–Kier alpha value is -1.51. The van der Waals surface area contributed by atoms with E-state index >= 15 is 0 Å². The number of methoxy groups -OCH3 is 1. The number of carbonyl (C=O) groups is 1. The molecule has 74 valence electrons. The van der Waals surface area contributed by atoms with Gasteiger partial charge in [-0.05, 0) is 24.6 Å². The Bertz CT molecular complexity index is 382. The Balaban J connectivity index is 2.60. The van der Waals surface area contributed by atoms with Crippen molar-refractivity contribution in [2.24, 2.45) is 0 Å². The zero-order chi connectivity index (χ0) is 10.1. The lowest BCUT2D eigenvalue weighted by Gasteiger charge is -2.19. The minimum atomic E-state index is 0.133. The summed E-state index contributed by atoms with van der Waals surface area (Å²) in [6.45, 7) is 2.38. The van der Waals surface area contributed by atoms with Gasteiger partial charge in [0.25, 0.3) is 0 Å². The summed E-state index contributed by atoms with van der Waals surface area (Å²) in [4.78, 5) is 11.6. The number of hydrogen-bond acceptors (Lipinski definition) is 3. The van der Waals surface area contributed by atoms with Gasteiger partial charge in [-0.15, -0.1) is 0 Å². The molecule has 1 heterocycles. The molecule has 2 rings (SSSR count). The van der Waals surface area contributed by atoms with Gasteiger partial charge in [0.1, 0.15) is 0 Å². The van der Waals surface area contributed by atoms with E-state index in [0.717, 1.165) is 5.56 Å². The number of aryl methyl sites for hydroxylation is 1. The molecule has 0 unspecified atom stereocenters. The van der Waals surface area contributed by atoms with Crippen molar-refractivity contribution in [1.29, 1.82) is 0 Å². The second kappa shape index (κ2) is 3.33. The van der Waals surface area contributed by atoms with Gasteiger partial charge < -0.3 is 9.47 Å². The first kappa shape index (κ1) is 9.06. The van der Waals surface area contributed by atoms with E-state index in [1.165, 1.54) is 0 Å². The second-order valence-corrected chi connectivity index (χ2v) is 3.37. The van der Waals surface area contributed by atoms with Gasteiger partial charge in [-0.1, -0.05) is 0 Å². The molecule has 3 heteroatoms. The number of rotatable bonds is 1. The van der Waals surface area contributed by atoms with Crippen LogP contribution in [-0.4, -0.2) is 19.5 Å². The van der Waals surface area contributed by atoms with Crippen LogP contribution in [0.3, 0.4) is 0 Å². The third kappa shape index (κ3) is 1.35. The van der Waals surface area contributed by atoms with Crippen LogP contribution in [0.25, 0.3) is 0 Å². The third-order valence-corrected chi connectivity index (χ3v) is 2.30. The van der Waals surface area contributed by atoms with Crippen LogP contribution < -0.4 is 9.47 Å². The molecule has 0 atom stereocenters. The Morgan fingerprint density at radius 3 is 2.93 bits per heavy atom. The van der Waals surface area contributed by atoms with Crippen LogP contribution in [-0.2, 0) is 0 Å². The van der Waals surface area contributed by atoms with Gasteiger partial charge in [0.05, 0.1) is 19.3 Å². The van der Waals surface area contributed by atoms with E-state index in [-0.39, 0.29) is 5.78 Å². The molecule has 0 saturated carbocycles. The minimum absolute atomic E-state index is 0.133. The summed E-state index contributed by atoms with van der Waals surface area (Å²) in [5.41, 5.74) is 1.66. The summed E-state index contributed by atoms with van der Waals surface area (Å²) >= 11 is 0. The number of hydrogen-bond donors (Lipinski definition) is 0. The molecule has 0 fully saturated rings. The minimum Gasteiger partial charge on any atom is -0.493 e. The summed E-state index contributed by atoms with van der Waals surface area (Å²) in [5, 5.41) is 0. The lowest BCUT2D eigenvalue weighted by atomic mass is 10.0. The van der Waals surface area contributed by atoms with Crippen LogP contribution >= 0.6 is 0 Å². The highest BCUT2D eigenvalue weighted by atomic mass is 16.5. The van der Waals surface area contributed by atoms with Gasteiger partial charge in [-0.3, -0.25) is 4.79 Å². The molecule has 0 spiro atoms. The Morgan fingerprint density at radius 1 is 1.43 bits per heavy atom. The molecule has 0 amide bonds. The van der Waals surface area contributed by atoms with E-state index in [1.54, 1.807) is 7.11 Å². The molecule has 3 nitrogen and oxygen atoms in total. The Labute approximate surface area is 82.6 Å². The van der Waals surface area contributed by atoms with Crippen LogP contribution in [0, 0.1) is 6.92 Å². The van der Waals surface area contributed by atoms with Crippen molar-refractivity contribution in [3.63, 3.8) is 0 Å². The van der Waals surface area contributed by atoms with Crippen molar-refractivity contribution < 1.29 is 14.3 Å². The number of ketones is 1. The maximum Gasteiger partial charge on any atom is 0.171 e. The average Bonchev–Trinajstić information content (AvgIpc) is 2.18. The molecule has 1 aliphatic heterocycles. The molecule has 0 aromatic heterocycles. The number of carbonyl (C=O) groups excluding carboxylic acids is 1. The Morgan fingerprint density at radius 2 is 2.21 bits per heavy atom. The summed E-state index contributed by atoms with van der Waals surface area (Å²) < 4.78 is 10.6. The monoisotopic (exact) mass is 192 g/mol. The summed E-state index contributed by atoms with van der Waals surface area (Å²) in [6, 6.07) is 3.72. The van der Waals surface area contributed by atoms with Crippen LogP contribution in [0.2, 0.25) is 0 Å². The third-order valence-electron chi connectivity index (χ3n) is 2.30. The molecule has 1 aliphatic rings. The van der Waals surface area contributed by atoms with E-state index in [2.05, 4.69) is 0 Å². The largest absolute Gasteiger partial charge is 0.493 e. The van der Waals surface area contributed by atoms with Crippen molar-refractivity contribution >= 4 is 5.78 Å². The second-order valence-electron chi connectivity index (χ2n) is 3.37. The van der Waals surface area contributed by atoms with Crippen molar-refractivity contribution in [1.82, 2.24) is 0 Å². The van der Waals surface area contributed by atoms with Crippen LogP contribution in [0.4, 0.5) is 0 Å². The highest BCUT2D eigenvalue weighted by Crippen LogP contribution is 2.35. The van der Waals surface area contributed by atoms with Gasteiger partial charge in [0, 0.05) is 6.42 Å². The zero-order valence-corrected chi connectivity index (χ0v) is 8.29. The van der Waals surface area contributed by atoms with E-state index in [9.17, 15) is 4.79 Å². The van der Waals surface area contributed by atoms with Crippen molar-refractivity contribution in [2.75, 3.05) is 13.7 Å². The van der Waals surface area contributed by atoms with Gasteiger partial charge in [0.15, 0.2) is 17.3 Å². The fourth-order valence-electron chi connectivity index (χ4n) is 1.63. The van der Waals surface area contributed by atoms with Gasteiger partial charge in [-0.25, -0.2) is 0 Å². The topological polar surface area (TPSA) is 35.5 Å². The maximum atomic E-state index is 11.6. The molecule has 0 saturated heterocycles. The first-order chi connectivity index (χ1) is 6.72. The lowest BCUT2D eigenvalue weighted by Crippen LogP contribution is -2.16. The van der Waals surface area contributed by atoms with Crippen LogP contribution in [0.1, 0.15) is 22.3 Å². The van der Waals surface area contributed by atoms with Crippen LogP contribution in [0.5, 0.6) is 11.5 Å². The van der Waals surface area contributed by atoms with Gasteiger partial charge >= 0.3 is 0 Å². The van der Waals surface area contributed by atoms with Gasteiger partial charge in [0.2, 0.25) is 0 Å². The quantitative estimate of drug-likeness (QED) is 0.682. The molecule has 1 aromatic rings. The van der Waals surface area contributed by atoms with Crippen molar-refractivity contribution in [3.05, 3.63) is 23.3 Å². The first-order valence-electron chi connectivity index (χ1n) is 4.57. The molecule has 0 N–H and O–H groups in total. The van der Waals surface area contributed by atoms with Crippen molar-refractivity contribution in [3.8, 4) is 11.5 Å². The predicted octanol–water partition coefficient (Wildman–Crippen LogP) is 1.97. The molecule has 0 aliphatic carbocycles. The maximum absolute atomic E-state index is 11.6. The number of benzene rings is 1. The van der Waals surface area contributed by atoms with E-state index < -0.39 is 0 Å². The average molecular weight is 192 g/mol. The van der Waals surface area contributed by atoms with E-state index in [1.807, 2.05) is 19.1 Å². The van der Waals surface area contributed by atoms with Gasteiger partial charge in [-0.2, -0.15) is 0 Å². The molecule has 1 aromatic carbocycles. The van der Waals surface area contributed by atoms with Crippen LogP contribution in [0.15, 0.2) is 12.1 Å². The highest BCUT2D eigenvalue weighted by molar-refractivity contribution is 6.00. The number of Topliss-reactive ketones (excluding diaryl/α,β-unsaturated/α-hetero) is 1. The molecular weight excluding hydrogens is 180 g/mol. The summed E-state index contributed by atoms with van der Waals surface area (Å²) in [6.07, 6.45) is 0.458. The Kier molecular flexibility index (Phi) is 2.15. The fraction of sp³-hybridized carbons (Fsp3) is 0.364. The van der Waals surface area contributed by atoms with Crippen molar-refractivity contribution in [2.45, 2.75) is 13.3 Å². The number of ether oxygens (including phenoxy) is 2. The normalized spacial score (nSPS) is 14.6. The molecular formula is C11H12O3. The summed E-state index contributed by atoms with van der Waals surface area (Å²) in [7, 11) is 1.58. The zero-order valence-electron chi connectivity index (χ0n) is 8.29. The summed E-state index contributed by atoms with van der Waals surface area (Å²) in [5.74, 6) is 1.37. The standard InChI is InChI=1S/C11H12O3/c1-7-5-8-9(12)3-4-14-11(8)10(6-7)13-2/h5-6H,3-4H2,1-2H3.